The van der Waals surface area contributed by atoms with Crippen LogP contribution in [0.5, 0.6) is 0 Å². The Bertz CT molecular complexity index is 593. The van der Waals surface area contributed by atoms with Crippen LogP contribution in [0.3, 0.4) is 0 Å². The second kappa shape index (κ2) is 8.11. The van der Waals surface area contributed by atoms with Gasteiger partial charge in [0, 0.05) is 24.6 Å². The van der Waals surface area contributed by atoms with Crippen LogP contribution in [-0.4, -0.2) is 11.9 Å². The van der Waals surface area contributed by atoms with E-state index in [9.17, 15) is 9.59 Å². The zero-order chi connectivity index (χ0) is 15.6. The van der Waals surface area contributed by atoms with Crippen molar-refractivity contribution >= 4 is 11.9 Å². The molecule has 2 N–H and O–H groups in total. The van der Waals surface area contributed by atoms with Crippen LogP contribution in [0.4, 0.5) is 0 Å². The van der Waals surface area contributed by atoms with Gasteiger partial charge in [0.1, 0.15) is 0 Å². The molecule has 2 aliphatic rings. The monoisotopic (exact) mass is 298 g/mol. The van der Waals surface area contributed by atoms with Gasteiger partial charge in [-0.05, 0) is 24.3 Å². The molecule has 0 aromatic carbocycles. The Labute approximate surface area is 127 Å². The Morgan fingerprint density at radius 2 is 1.18 bits per heavy atom. The molecular weight excluding hydrogens is 284 g/mol. The van der Waals surface area contributed by atoms with Crippen molar-refractivity contribution in [3.63, 3.8) is 0 Å². The first kappa shape index (κ1) is 15.1. The molecule has 0 aromatic rings. The maximum absolute atomic E-state index is 11.6. The number of allylic oxidation sites excluding steroid dienone is 8. The molecule has 0 spiro atoms. The summed E-state index contributed by atoms with van der Waals surface area (Å²) in [5, 5.41) is 5.53. The Balaban J connectivity index is 1.83. The van der Waals surface area contributed by atoms with Gasteiger partial charge in [-0.25, -0.2) is 9.59 Å². The molecule has 2 aliphatic heterocycles. The normalized spacial score (nSPS) is 16.0. The number of ether oxygens (including phenoxy) is 2. The van der Waals surface area contributed by atoms with Crippen molar-refractivity contribution in [1.82, 2.24) is 10.6 Å². The summed E-state index contributed by atoms with van der Waals surface area (Å²) in [5.41, 5.74) is 0. The average Bonchev–Trinajstić information content (AvgIpc) is 2.90. The summed E-state index contributed by atoms with van der Waals surface area (Å²) in [7, 11) is 0. The third kappa shape index (κ3) is 5.38. The zero-order valence-electron chi connectivity index (χ0n) is 11.6. The van der Waals surface area contributed by atoms with Crippen molar-refractivity contribution in [2.45, 2.75) is 0 Å². The topological polar surface area (TPSA) is 76.7 Å². The van der Waals surface area contributed by atoms with Crippen LogP contribution in [0.15, 0.2) is 84.9 Å². The van der Waals surface area contributed by atoms with Crippen LogP contribution in [0, 0.1) is 0 Å². The summed E-state index contributed by atoms with van der Waals surface area (Å²) in [6.45, 7) is 0. The molecule has 112 valence electrons. The number of esters is 2. The first-order chi connectivity index (χ1) is 10.7. The molecular formula is C16H14N2O4. The summed E-state index contributed by atoms with van der Waals surface area (Å²) in [6.07, 6.45) is 18.9. The lowest BCUT2D eigenvalue weighted by Gasteiger charge is -2.05. The quantitative estimate of drug-likeness (QED) is 0.607. The lowest BCUT2D eigenvalue weighted by atomic mass is 10.4. The smallest absolute Gasteiger partial charge is 0.337 e. The minimum absolute atomic E-state index is 0.261. The molecule has 2 rings (SSSR count). The first-order valence-corrected chi connectivity index (χ1v) is 6.46. The van der Waals surface area contributed by atoms with E-state index in [0.29, 0.717) is 0 Å². The van der Waals surface area contributed by atoms with E-state index in [2.05, 4.69) is 10.6 Å². The SMILES string of the molecule is O=C(/C=C\C(=O)OC1=CC=CC=CN1)OC1=CC=CC=CN1. The highest BCUT2D eigenvalue weighted by atomic mass is 16.6. The Morgan fingerprint density at radius 3 is 1.64 bits per heavy atom. The molecule has 6 nitrogen and oxygen atoms in total. The van der Waals surface area contributed by atoms with E-state index in [1.807, 2.05) is 0 Å². The van der Waals surface area contributed by atoms with E-state index in [1.165, 1.54) is 0 Å². The molecule has 2 heterocycles. The summed E-state index contributed by atoms with van der Waals surface area (Å²) in [4.78, 5) is 23.2. The molecule has 0 amide bonds. The van der Waals surface area contributed by atoms with Gasteiger partial charge in [0.25, 0.3) is 0 Å². The standard InChI is InChI=1S/C16H14N2O4/c19-15(21-13-7-3-1-5-11-17-13)9-10-16(20)22-14-8-4-2-6-12-18-14/h1-12,17-18H/b10-9-. The Hall–Kier alpha value is -3.28. The lowest BCUT2D eigenvalue weighted by Crippen LogP contribution is -2.13. The number of nitrogens with one attached hydrogen (secondary N) is 2. The van der Waals surface area contributed by atoms with Crippen LogP contribution in [0.2, 0.25) is 0 Å². The Kier molecular flexibility index (Phi) is 5.57. The highest BCUT2D eigenvalue weighted by Crippen LogP contribution is 2.01. The zero-order valence-corrected chi connectivity index (χ0v) is 11.6. The van der Waals surface area contributed by atoms with Crippen molar-refractivity contribution in [3.05, 3.63) is 84.9 Å². The number of hydrogen-bond donors (Lipinski definition) is 2. The van der Waals surface area contributed by atoms with Crippen LogP contribution >= 0.6 is 0 Å². The van der Waals surface area contributed by atoms with Crippen molar-refractivity contribution in [3.8, 4) is 0 Å². The highest BCUT2D eigenvalue weighted by molar-refractivity contribution is 5.92. The molecule has 0 unspecified atom stereocenters. The molecule has 22 heavy (non-hydrogen) atoms. The van der Waals surface area contributed by atoms with Crippen molar-refractivity contribution in [1.29, 1.82) is 0 Å². The second-order valence-electron chi connectivity index (χ2n) is 4.01. The summed E-state index contributed by atoms with van der Waals surface area (Å²) < 4.78 is 9.99. The summed E-state index contributed by atoms with van der Waals surface area (Å²) >= 11 is 0. The largest absolute Gasteiger partial charge is 0.406 e. The van der Waals surface area contributed by atoms with E-state index in [4.69, 9.17) is 9.47 Å². The predicted octanol–water partition coefficient (Wildman–Crippen LogP) is 1.66. The molecule has 0 saturated heterocycles. The van der Waals surface area contributed by atoms with Gasteiger partial charge < -0.3 is 20.1 Å². The van der Waals surface area contributed by atoms with Gasteiger partial charge in [0.15, 0.2) is 0 Å². The average molecular weight is 298 g/mol. The summed E-state index contributed by atoms with van der Waals surface area (Å²) in [5.74, 6) is -0.864. The van der Waals surface area contributed by atoms with Crippen LogP contribution in [0.25, 0.3) is 0 Å². The molecule has 0 saturated carbocycles. The predicted molar refractivity (Wildman–Crippen MR) is 80.3 cm³/mol. The molecule has 0 atom stereocenters. The number of rotatable bonds is 4. The van der Waals surface area contributed by atoms with E-state index in [0.717, 1.165) is 12.2 Å². The van der Waals surface area contributed by atoms with Crippen LogP contribution < -0.4 is 10.6 Å². The fourth-order valence-corrected chi connectivity index (χ4v) is 1.43. The maximum Gasteiger partial charge on any atom is 0.337 e. The van der Waals surface area contributed by atoms with E-state index < -0.39 is 11.9 Å². The fourth-order valence-electron chi connectivity index (χ4n) is 1.43. The van der Waals surface area contributed by atoms with E-state index in [1.54, 1.807) is 61.0 Å². The highest BCUT2D eigenvalue weighted by Gasteiger charge is 2.06. The van der Waals surface area contributed by atoms with Crippen molar-refractivity contribution in [2.24, 2.45) is 0 Å². The molecule has 6 heteroatoms. The van der Waals surface area contributed by atoms with E-state index in [-0.39, 0.29) is 11.8 Å². The third-order valence-corrected chi connectivity index (χ3v) is 2.36. The molecule has 0 aromatic heterocycles. The van der Waals surface area contributed by atoms with E-state index >= 15 is 0 Å². The van der Waals surface area contributed by atoms with Gasteiger partial charge in [0.05, 0.1) is 0 Å². The van der Waals surface area contributed by atoms with Gasteiger partial charge in [-0.3, -0.25) is 0 Å². The number of hydrogen-bond acceptors (Lipinski definition) is 6. The molecule has 0 radical (unpaired) electrons. The first-order valence-electron chi connectivity index (χ1n) is 6.46. The number of carbonyl (C=O) groups excluding carboxylic acids is 2. The minimum atomic E-state index is -0.693. The fraction of sp³-hybridized carbons (Fsp3) is 0. The van der Waals surface area contributed by atoms with Crippen molar-refractivity contribution < 1.29 is 19.1 Å². The van der Waals surface area contributed by atoms with Gasteiger partial charge in [-0.1, -0.05) is 24.3 Å². The molecule has 0 fully saturated rings. The molecule has 0 bridgehead atoms. The van der Waals surface area contributed by atoms with Gasteiger partial charge in [-0.2, -0.15) is 0 Å². The Morgan fingerprint density at radius 1 is 0.727 bits per heavy atom. The third-order valence-electron chi connectivity index (χ3n) is 2.36. The minimum Gasteiger partial charge on any atom is -0.406 e. The lowest BCUT2D eigenvalue weighted by molar-refractivity contribution is -0.136. The second-order valence-corrected chi connectivity index (χ2v) is 4.01. The maximum atomic E-state index is 11.6. The van der Waals surface area contributed by atoms with Gasteiger partial charge >= 0.3 is 11.9 Å². The number of carbonyl (C=O) groups is 2. The van der Waals surface area contributed by atoms with Gasteiger partial charge in [-0.15, -0.1) is 0 Å². The van der Waals surface area contributed by atoms with Crippen LogP contribution in [-0.2, 0) is 19.1 Å². The van der Waals surface area contributed by atoms with Crippen LogP contribution in [0.1, 0.15) is 0 Å². The van der Waals surface area contributed by atoms with Gasteiger partial charge in [0.2, 0.25) is 11.8 Å². The molecule has 0 aliphatic carbocycles. The summed E-state index contributed by atoms with van der Waals surface area (Å²) in [6, 6.07) is 0. The van der Waals surface area contributed by atoms with Crippen molar-refractivity contribution in [2.75, 3.05) is 0 Å².